The van der Waals surface area contributed by atoms with Crippen LogP contribution in [0.4, 0.5) is 9.52 Å². The van der Waals surface area contributed by atoms with Gasteiger partial charge in [0.2, 0.25) is 5.13 Å². The molecule has 0 bridgehead atoms. The molecule has 0 saturated carbocycles. The molecule has 0 saturated heterocycles. The summed E-state index contributed by atoms with van der Waals surface area (Å²) in [6.45, 7) is 1.90. The average molecular weight is 494 g/mol. The van der Waals surface area contributed by atoms with Crippen molar-refractivity contribution >= 4 is 45.5 Å². The first kappa shape index (κ1) is 22.0. The van der Waals surface area contributed by atoms with E-state index in [0.717, 1.165) is 5.56 Å². The molecule has 1 aliphatic rings. The van der Waals surface area contributed by atoms with Crippen LogP contribution in [0.25, 0.3) is 10.6 Å². The van der Waals surface area contributed by atoms with Crippen LogP contribution < -0.4 is 5.32 Å². The van der Waals surface area contributed by atoms with E-state index in [-0.39, 0.29) is 30.1 Å². The Bertz CT molecular complexity index is 1400. The van der Waals surface area contributed by atoms with Gasteiger partial charge in [0.15, 0.2) is 0 Å². The van der Waals surface area contributed by atoms with Gasteiger partial charge in [-0.2, -0.15) is 0 Å². The highest BCUT2D eigenvalue weighted by Crippen LogP contribution is 2.29. The molecule has 1 N–H and O–H groups in total. The van der Waals surface area contributed by atoms with Crippen molar-refractivity contribution in [1.29, 1.82) is 0 Å². The summed E-state index contributed by atoms with van der Waals surface area (Å²) >= 11 is 2.38. The maximum atomic E-state index is 13.2. The molecular weight excluding hydrogens is 477 g/mol. The zero-order valence-electron chi connectivity index (χ0n) is 17.7. The zero-order chi connectivity index (χ0) is 23.8. The van der Waals surface area contributed by atoms with Gasteiger partial charge in [-0.25, -0.2) is 9.37 Å². The van der Waals surface area contributed by atoms with E-state index >= 15 is 0 Å². The lowest BCUT2D eigenvalue weighted by Crippen LogP contribution is -2.31. The van der Waals surface area contributed by atoms with E-state index in [9.17, 15) is 18.8 Å². The van der Waals surface area contributed by atoms with Crippen molar-refractivity contribution in [3.63, 3.8) is 0 Å². The Kier molecular flexibility index (Phi) is 5.72. The van der Waals surface area contributed by atoms with E-state index in [2.05, 4.69) is 20.5 Å². The third-order valence-corrected chi connectivity index (χ3v) is 7.31. The van der Waals surface area contributed by atoms with Gasteiger partial charge in [-0.1, -0.05) is 23.5 Å². The minimum absolute atomic E-state index is 0.171. The zero-order valence-corrected chi connectivity index (χ0v) is 19.4. The fraction of sp³-hybridized carbons (Fsp3) is 0.130. The average Bonchev–Trinajstić information content (AvgIpc) is 3.51. The van der Waals surface area contributed by atoms with Gasteiger partial charge in [-0.3, -0.25) is 24.6 Å². The summed E-state index contributed by atoms with van der Waals surface area (Å²) in [4.78, 5) is 43.8. The lowest BCUT2D eigenvalue weighted by Gasteiger charge is -2.12. The standard InChI is InChI=1S/C23H16FN5O3S2/c1-12-18(34-20(25-12)13-6-8-14(24)9-7-13)19(30)26-23-28-27-17(33-23)10-11-29-21(31)15-4-2-3-5-16(15)22(29)32/h2-9H,10-11H2,1H3,(H,26,28,30). The van der Waals surface area contributed by atoms with Crippen LogP contribution in [0.1, 0.15) is 41.1 Å². The second-order valence-electron chi connectivity index (χ2n) is 7.45. The van der Waals surface area contributed by atoms with Crippen LogP contribution in [0.3, 0.4) is 0 Å². The van der Waals surface area contributed by atoms with E-state index in [1.54, 1.807) is 43.3 Å². The minimum Gasteiger partial charge on any atom is -0.296 e. The first-order chi connectivity index (χ1) is 16.4. The predicted molar refractivity (Wildman–Crippen MR) is 126 cm³/mol. The van der Waals surface area contributed by atoms with Gasteiger partial charge >= 0.3 is 0 Å². The SMILES string of the molecule is Cc1nc(-c2ccc(F)cc2)sc1C(=O)Nc1nnc(CCN2C(=O)c3ccccc3C2=O)s1. The van der Waals surface area contributed by atoms with Crippen molar-refractivity contribution in [1.82, 2.24) is 20.1 Å². The number of hydrogen-bond donors (Lipinski definition) is 1. The van der Waals surface area contributed by atoms with Gasteiger partial charge in [0, 0.05) is 18.5 Å². The topological polar surface area (TPSA) is 105 Å². The van der Waals surface area contributed by atoms with Crippen LogP contribution in [-0.2, 0) is 6.42 Å². The van der Waals surface area contributed by atoms with E-state index < -0.39 is 0 Å². The van der Waals surface area contributed by atoms with Gasteiger partial charge in [0.1, 0.15) is 20.7 Å². The number of imide groups is 1. The highest BCUT2D eigenvalue weighted by molar-refractivity contribution is 7.17. The number of carbonyl (C=O) groups is 3. The molecule has 0 radical (unpaired) electrons. The highest BCUT2D eigenvalue weighted by Gasteiger charge is 2.34. The summed E-state index contributed by atoms with van der Waals surface area (Å²) in [6, 6.07) is 12.6. The largest absolute Gasteiger partial charge is 0.296 e. The summed E-state index contributed by atoms with van der Waals surface area (Å²) in [7, 11) is 0. The van der Waals surface area contributed by atoms with E-state index in [1.165, 1.54) is 39.7 Å². The number of nitrogens with zero attached hydrogens (tertiary/aromatic N) is 4. The van der Waals surface area contributed by atoms with Crippen LogP contribution >= 0.6 is 22.7 Å². The second kappa shape index (κ2) is 8.84. The van der Waals surface area contributed by atoms with Gasteiger partial charge < -0.3 is 0 Å². The number of halogens is 1. The fourth-order valence-electron chi connectivity index (χ4n) is 3.53. The maximum absolute atomic E-state index is 13.2. The van der Waals surface area contributed by atoms with Crippen LogP contribution in [0.5, 0.6) is 0 Å². The molecule has 0 atom stereocenters. The molecule has 170 valence electrons. The number of aromatic nitrogens is 3. The second-order valence-corrected chi connectivity index (χ2v) is 9.51. The summed E-state index contributed by atoms with van der Waals surface area (Å²) in [5.74, 6) is -1.36. The van der Waals surface area contributed by atoms with Gasteiger partial charge in [0.25, 0.3) is 17.7 Å². The number of benzene rings is 2. The molecule has 0 fully saturated rings. The molecule has 0 aliphatic carbocycles. The lowest BCUT2D eigenvalue weighted by atomic mass is 10.1. The smallest absolute Gasteiger partial charge is 0.269 e. The molecule has 0 spiro atoms. The molecule has 4 aromatic rings. The Morgan fingerprint density at radius 1 is 1.00 bits per heavy atom. The van der Waals surface area contributed by atoms with Crippen molar-refractivity contribution in [3.8, 4) is 10.6 Å². The first-order valence-electron chi connectivity index (χ1n) is 10.2. The van der Waals surface area contributed by atoms with Crippen molar-refractivity contribution in [2.75, 3.05) is 11.9 Å². The van der Waals surface area contributed by atoms with Gasteiger partial charge in [0.05, 0.1) is 16.8 Å². The number of carbonyl (C=O) groups excluding carboxylic acids is 3. The molecule has 3 amide bonds. The Morgan fingerprint density at radius 3 is 2.35 bits per heavy atom. The summed E-state index contributed by atoms with van der Waals surface area (Å²) in [5, 5.41) is 12.3. The number of fused-ring (bicyclic) bond motifs is 1. The van der Waals surface area contributed by atoms with E-state index in [1.807, 2.05) is 0 Å². The highest BCUT2D eigenvalue weighted by atomic mass is 32.1. The number of anilines is 1. The molecule has 8 nitrogen and oxygen atoms in total. The van der Waals surface area contributed by atoms with Crippen LogP contribution in [0.15, 0.2) is 48.5 Å². The molecule has 11 heteroatoms. The fourth-order valence-corrected chi connectivity index (χ4v) is 5.22. The van der Waals surface area contributed by atoms with Crippen LogP contribution in [0, 0.1) is 12.7 Å². The molecule has 5 rings (SSSR count). The molecular formula is C23H16FN5O3S2. The quantitative estimate of drug-likeness (QED) is 0.404. The summed E-state index contributed by atoms with van der Waals surface area (Å²) in [5.41, 5.74) is 2.08. The Hall–Kier alpha value is -3.83. The lowest BCUT2D eigenvalue weighted by molar-refractivity contribution is 0.0655. The van der Waals surface area contributed by atoms with Crippen molar-refractivity contribution < 1.29 is 18.8 Å². The van der Waals surface area contributed by atoms with Crippen LogP contribution in [0.2, 0.25) is 0 Å². The predicted octanol–water partition coefficient (Wildman–Crippen LogP) is 4.20. The van der Waals surface area contributed by atoms with E-state index in [4.69, 9.17) is 0 Å². The van der Waals surface area contributed by atoms with Crippen molar-refractivity contribution in [2.45, 2.75) is 13.3 Å². The molecule has 34 heavy (non-hydrogen) atoms. The van der Waals surface area contributed by atoms with Crippen molar-refractivity contribution in [2.24, 2.45) is 0 Å². The normalized spacial score (nSPS) is 12.8. The maximum Gasteiger partial charge on any atom is 0.269 e. The Balaban J connectivity index is 1.23. The third-order valence-electron chi connectivity index (χ3n) is 5.21. The molecule has 1 aliphatic heterocycles. The third kappa shape index (κ3) is 4.11. The first-order valence-corrected chi connectivity index (χ1v) is 11.9. The number of thiazole rings is 1. The van der Waals surface area contributed by atoms with Crippen molar-refractivity contribution in [3.05, 3.63) is 81.1 Å². The Labute approximate surface area is 201 Å². The van der Waals surface area contributed by atoms with Gasteiger partial charge in [-0.15, -0.1) is 21.5 Å². The number of nitrogens with one attached hydrogen (secondary N) is 1. The van der Waals surface area contributed by atoms with Gasteiger partial charge in [-0.05, 0) is 43.3 Å². The van der Waals surface area contributed by atoms with E-state index in [0.29, 0.717) is 43.3 Å². The number of rotatable bonds is 6. The molecule has 2 aromatic heterocycles. The molecule has 3 heterocycles. The molecule has 0 unspecified atom stereocenters. The monoisotopic (exact) mass is 493 g/mol. The Morgan fingerprint density at radius 2 is 1.68 bits per heavy atom. The summed E-state index contributed by atoms with van der Waals surface area (Å²) in [6.07, 6.45) is 0.327. The number of amides is 3. The number of aryl methyl sites for hydroxylation is 1. The molecule has 2 aromatic carbocycles. The minimum atomic E-state index is -0.369. The number of hydrogen-bond acceptors (Lipinski definition) is 8. The summed E-state index contributed by atoms with van der Waals surface area (Å²) < 4.78 is 13.2. The van der Waals surface area contributed by atoms with Crippen LogP contribution in [-0.4, -0.2) is 44.3 Å².